The molecule has 3 heteroatoms. The molecule has 62 valence electrons. The van der Waals surface area contributed by atoms with Crippen molar-refractivity contribution in [2.75, 3.05) is 14.2 Å². The fourth-order valence-electron chi connectivity index (χ4n) is 0.711. The first kappa shape index (κ1) is 9.88. The number of methoxy groups -OCH3 is 2. The topological polar surface area (TPSA) is 44.5 Å². The molecule has 0 aliphatic carbocycles. The monoisotopic (exact) mass is 147 g/mol. The standard InChI is InChI=1S/C7H17NO2/c1-4-5-6-7(8,9-2)10-3/h4-6,8H2,1-3H3. The highest BCUT2D eigenvalue weighted by Crippen LogP contribution is 2.11. The Morgan fingerprint density at radius 2 is 1.80 bits per heavy atom. The number of hydrogen-bond donors (Lipinski definition) is 1. The second-order valence-corrected chi connectivity index (χ2v) is 2.32. The van der Waals surface area contributed by atoms with Crippen LogP contribution in [0.25, 0.3) is 0 Å². The number of hydrogen-bond acceptors (Lipinski definition) is 3. The molecule has 0 unspecified atom stereocenters. The molecular formula is C7H17NO2. The molecule has 0 rings (SSSR count). The molecule has 0 amide bonds. The molecule has 0 aromatic rings. The van der Waals surface area contributed by atoms with Gasteiger partial charge in [-0.1, -0.05) is 13.3 Å². The van der Waals surface area contributed by atoms with Crippen molar-refractivity contribution < 1.29 is 9.47 Å². The Kier molecular flexibility index (Phi) is 4.60. The van der Waals surface area contributed by atoms with Gasteiger partial charge in [-0.25, -0.2) is 0 Å². The summed E-state index contributed by atoms with van der Waals surface area (Å²) < 4.78 is 9.89. The van der Waals surface area contributed by atoms with E-state index in [9.17, 15) is 0 Å². The predicted molar refractivity (Wildman–Crippen MR) is 40.5 cm³/mol. The van der Waals surface area contributed by atoms with Crippen LogP contribution in [0.15, 0.2) is 0 Å². The summed E-state index contributed by atoms with van der Waals surface area (Å²) in [5.41, 5.74) is 5.64. The van der Waals surface area contributed by atoms with Crippen LogP contribution in [-0.4, -0.2) is 20.1 Å². The van der Waals surface area contributed by atoms with Crippen LogP contribution in [0.2, 0.25) is 0 Å². The van der Waals surface area contributed by atoms with E-state index in [4.69, 9.17) is 15.2 Å². The third-order valence-corrected chi connectivity index (χ3v) is 1.57. The van der Waals surface area contributed by atoms with Crippen LogP contribution in [0.3, 0.4) is 0 Å². The lowest BCUT2D eigenvalue weighted by atomic mass is 10.2. The Labute approximate surface area is 62.5 Å². The molecule has 0 atom stereocenters. The van der Waals surface area contributed by atoms with E-state index >= 15 is 0 Å². The van der Waals surface area contributed by atoms with E-state index < -0.39 is 5.91 Å². The molecule has 0 spiro atoms. The molecule has 0 aliphatic rings. The van der Waals surface area contributed by atoms with E-state index in [1.165, 1.54) is 0 Å². The van der Waals surface area contributed by atoms with Crippen LogP contribution in [0.1, 0.15) is 26.2 Å². The van der Waals surface area contributed by atoms with Gasteiger partial charge < -0.3 is 9.47 Å². The normalized spacial score (nSPS) is 12.0. The molecule has 0 heterocycles. The Balaban J connectivity index is 3.58. The van der Waals surface area contributed by atoms with E-state index in [1.807, 2.05) is 0 Å². The number of ether oxygens (including phenoxy) is 2. The third kappa shape index (κ3) is 3.15. The van der Waals surface area contributed by atoms with Gasteiger partial charge in [0.25, 0.3) is 0 Å². The van der Waals surface area contributed by atoms with Crippen LogP contribution in [-0.2, 0) is 9.47 Å². The van der Waals surface area contributed by atoms with E-state index in [0.717, 1.165) is 19.3 Å². The van der Waals surface area contributed by atoms with E-state index in [0.29, 0.717) is 0 Å². The maximum absolute atomic E-state index is 5.64. The van der Waals surface area contributed by atoms with Crippen molar-refractivity contribution in [1.82, 2.24) is 0 Å². The molecule has 0 radical (unpaired) electrons. The third-order valence-electron chi connectivity index (χ3n) is 1.57. The van der Waals surface area contributed by atoms with Crippen LogP contribution in [0.4, 0.5) is 0 Å². The summed E-state index contributed by atoms with van der Waals surface area (Å²) in [7, 11) is 3.11. The second kappa shape index (κ2) is 4.66. The summed E-state index contributed by atoms with van der Waals surface area (Å²) in [6.45, 7) is 2.10. The zero-order valence-electron chi connectivity index (χ0n) is 7.02. The lowest BCUT2D eigenvalue weighted by Gasteiger charge is -2.25. The molecule has 10 heavy (non-hydrogen) atoms. The van der Waals surface area contributed by atoms with Crippen LogP contribution >= 0.6 is 0 Å². The number of rotatable bonds is 5. The molecule has 2 N–H and O–H groups in total. The van der Waals surface area contributed by atoms with E-state index in [1.54, 1.807) is 14.2 Å². The molecule has 0 saturated heterocycles. The van der Waals surface area contributed by atoms with E-state index in [2.05, 4.69) is 6.92 Å². The zero-order chi connectivity index (χ0) is 8.04. The maximum Gasteiger partial charge on any atom is 0.224 e. The van der Waals surface area contributed by atoms with Gasteiger partial charge in [-0.2, -0.15) is 0 Å². The van der Waals surface area contributed by atoms with Crippen molar-refractivity contribution in [1.29, 1.82) is 0 Å². The Hall–Kier alpha value is -0.120. The molecule has 0 aromatic heterocycles. The van der Waals surface area contributed by atoms with Crippen LogP contribution < -0.4 is 5.73 Å². The number of nitrogens with two attached hydrogens (primary N) is 1. The predicted octanol–water partition coefficient (Wildman–Crippen LogP) is 1.08. The minimum Gasteiger partial charge on any atom is -0.341 e. The summed E-state index contributed by atoms with van der Waals surface area (Å²) in [5, 5.41) is 0. The lowest BCUT2D eigenvalue weighted by Crippen LogP contribution is -2.43. The summed E-state index contributed by atoms with van der Waals surface area (Å²) in [6.07, 6.45) is 2.88. The highest BCUT2D eigenvalue weighted by molar-refractivity contribution is 4.58. The van der Waals surface area contributed by atoms with Gasteiger partial charge in [0, 0.05) is 20.6 Å². The van der Waals surface area contributed by atoms with Gasteiger partial charge in [0.15, 0.2) is 0 Å². The van der Waals surface area contributed by atoms with Gasteiger partial charge in [-0.15, -0.1) is 0 Å². The first-order valence-electron chi connectivity index (χ1n) is 3.57. The van der Waals surface area contributed by atoms with Crippen molar-refractivity contribution in [3.05, 3.63) is 0 Å². The lowest BCUT2D eigenvalue weighted by molar-refractivity contribution is -0.207. The molecule has 0 bridgehead atoms. The van der Waals surface area contributed by atoms with E-state index in [-0.39, 0.29) is 0 Å². The van der Waals surface area contributed by atoms with Gasteiger partial charge in [0.05, 0.1) is 0 Å². The van der Waals surface area contributed by atoms with Crippen molar-refractivity contribution in [2.45, 2.75) is 32.1 Å². The highest BCUT2D eigenvalue weighted by Gasteiger charge is 2.21. The van der Waals surface area contributed by atoms with Crippen molar-refractivity contribution in [2.24, 2.45) is 5.73 Å². The summed E-state index contributed by atoms with van der Waals surface area (Å²) in [5.74, 6) is -0.865. The summed E-state index contributed by atoms with van der Waals surface area (Å²) in [6, 6.07) is 0. The Morgan fingerprint density at radius 1 is 1.30 bits per heavy atom. The van der Waals surface area contributed by atoms with Gasteiger partial charge in [0.1, 0.15) is 0 Å². The smallest absolute Gasteiger partial charge is 0.224 e. The molecular weight excluding hydrogens is 130 g/mol. The molecule has 3 nitrogen and oxygen atoms in total. The molecule has 0 aromatic carbocycles. The maximum atomic E-state index is 5.64. The Bertz CT molecular complexity index is 81.7. The minimum absolute atomic E-state index is 0.747. The van der Waals surface area contributed by atoms with Gasteiger partial charge in [-0.3, -0.25) is 5.73 Å². The highest BCUT2D eigenvalue weighted by atomic mass is 16.7. The SMILES string of the molecule is CCCCC(N)(OC)OC. The fraction of sp³-hybridized carbons (Fsp3) is 1.00. The van der Waals surface area contributed by atoms with Gasteiger partial charge in [0.2, 0.25) is 5.91 Å². The van der Waals surface area contributed by atoms with Crippen molar-refractivity contribution in [3.8, 4) is 0 Å². The first-order chi connectivity index (χ1) is 4.68. The van der Waals surface area contributed by atoms with Crippen molar-refractivity contribution in [3.63, 3.8) is 0 Å². The number of unbranched alkanes of at least 4 members (excludes halogenated alkanes) is 1. The molecule has 0 fully saturated rings. The quantitative estimate of drug-likeness (QED) is 0.592. The van der Waals surface area contributed by atoms with Crippen molar-refractivity contribution >= 4 is 0 Å². The largest absolute Gasteiger partial charge is 0.341 e. The molecule has 0 saturated carbocycles. The van der Waals surface area contributed by atoms with Crippen LogP contribution in [0.5, 0.6) is 0 Å². The van der Waals surface area contributed by atoms with Crippen LogP contribution in [0, 0.1) is 0 Å². The summed E-state index contributed by atoms with van der Waals surface area (Å²) >= 11 is 0. The Morgan fingerprint density at radius 3 is 2.10 bits per heavy atom. The second-order valence-electron chi connectivity index (χ2n) is 2.32. The fourth-order valence-corrected chi connectivity index (χ4v) is 0.711. The van der Waals surface area contributed by atoms with Gasteiger partial charge >= 0.3 is 0 Å². The average Bonchev–Trinajstić information content (AvgIpc) is 2.00. The molecule has 0 aliphatic heterocycles. The zero-order valence-corrected chi connectivity index (χ0v) is 7.02. The summed E-state index contributed by atoms with van der Waals surface area (Å²) in [4.78, 5) is 0. The average molecular weight is 147 g/mol. The minimum atomic E-state index is -0.865. The first-order valence-corrected chi connectivity index (χ1v) is 3.57. The van der Waals surface area contributed by atoms with Gasteiger partial charge in [-0.05, 0) is 6.42 Å².